The molecule has 0 aromatic heterocycles. The van der Waals surface area contributed by atoms with Gasteiger partial charge < -0.3 is 10.2 Å². The maximum atomic E-state index is 11.9. The fourth-order valence-corrected chi connectivity index (χ4v) is 1.85. The van der Waals surface area contributed by atoms with Crippen LogP contribution < -0.4 is 5.32 Å². The molecule has 0 heterocycles. The van der Waals surface area contributed by atoms with Gasteiger partial charge in [-0.25, -0.2) is 0 Å². The van der Waals surface area contributed by atoms with Crippen molar-refractivity contribution in [1.82, 2.24) is 10.2 Å². The highest BCUT2D eigenvalue weighted by molar-refractivity contribution is 5.94. The molecule has 1 N–H and O–H groups in total. The van der Waals surface area contributed by atoms with E-state index in [0.717, 1.165) is 30.8 Å². The monoisotopic (exact) mass is 248 g/mol. The first kappa shape index (κ1) is 14.7. The van der Waals surface area contributed by atoms with E-state index in [1.807, 2.05) is 25.1 Å². The quantitative estimate of drug-likeness (QED) is 0.838. The Balaban J connectivity index is 2.48. The van der Waals surface area contributed by atoms with E-state index in [9.17, 15) is 4.79 Å². The second kappa shape index (κ2) is 7.17. The Labute approximate surface area is 110 Å². The van der Waals surface area contributed by atoms with Crippen LogP contribution in [0.15, 0.2) is 18.2 Å². The molecule has 0 aliphatic carbocycles. The van der Waals surface area contributed by atoms with Crippen molar-refractivity contribution in [1.29, 1.82) is 0 Å². The molecule has 18 heavy (non-hydrogen) atoms. The van der Waals surface area contributed by atoms with Gasteiger partial charge in [0.25, 0.3) is 5.91 Å². The van der Waals surface area contributed by atoms with Gasteiger partial charge in [0, 0.05) is 18.7 Å². The average Bonchev–Trinajstić information content (AvgIpc) is 2.37. The third-order valence-electron chi connectivity index (χ3n) is 3.38. The molecule has 1 aromatic rings. The van der Waals surface area contributed by atoms with Gasteiger partial charge in [0.2, 0.25) is 0 Å². The molecule has 0 atom stereocenters. The molecule has 0 bridgehead atoms. The van der Waals surface area contributed by atoms with Gasteiger partial charge in [-0.05, 0) is 50.2 Å². The first-order chi connectivity index (χ1) is 8.58. The van der Waals surface area contributed by atoms with Crippen molar-refractivity contribution in [3.63, 3.8) is 0 Å². The van der Waals surface area contributed by atoms with Crippen LogP contribution in [-0.2, 0) is 0 Å². The fraction of sp³-hybridized carbons (Fsp3) is 0.533. The van der Waals surface area contributed by atoms with Gasteiger partial charge in [-0.2, -0.15) is 0 Å². The summed E-state index contributed by atoms with van der Waals surface area (Å²) in [7, 11) is 0. The molecule has 1 amide bonds. The summed E-state index contributed by atoms with van der Waals surface area (Å²) < 4.78 is 0. The predicted molar refractivity (Wildman–Crippen MR) is 76.0 cm³/mol. The molecule has 0 unspecified atom stereocenters. The van der Waals surface area contributed by atoms with Gasteiger partial charge in [0.05, 0.1) is 0 Å². The van der Waals surface area contributed by atoms with Gasteiger partial charge in [0.1, 0.15) is 0 Å². The minimum absolute atomic E-state index is 0.0188. The Morgan fingerprint density at radius 3 is 2.39 bits per heavy atom. The summed E-state index contributed by atoms with van der Waals surface area (Å²) in [6, 6.07) is 5.83. The van der Waals surface area contributed by atoms with Crippen molar-refractivity contribution in [3.8, 4) is 0 Å². The average molecular weight is 248 g/mol. The van der Waals surface area contributed by atoms with Crippen molar-refractivity contribution in [3.05, 3.63) is 34.9 Å². The SMILES string of the molecule is CCN(CC)CCNC(=O)c1ccc(C)c(C)c1. The Morgan fingerprint density at radius 1 is 1.17 bits per heavy atom. The van der Waals surface area contributed by atoms with E-state index in [1.54, 1.807) is 0 Å². The van der Waals surface area contributed by atoms with Crippen LogP contribution in [0.3, 0.4) is 0 Å². The van der Waals surface area contributed by atoms with Crippen LogP contribution in [0.1, 0.15) is 35.3 Å². The molecular weight excluding hydrogens is 224 g/mol. The summed E-state index contributed by atoms with van der Waals surface area (Å²) >= 11 is 0. The highest BCUT2D eigenvalue weighted by atomic mass is 16.1. The summed E-state index contributed by atoms with van der Waals surface area (Å²) in [5, 5.41) is 2.96. The van der Waals surface area contributed by atoms with E-state index in [1.165, 1.54) is 5.56 Å². The number of hydrogen-bond donors (Lipinski definition) is 1. The second-order valence-corrected chi connectivity index (χ2v) is 4.58. The third-order valence-corrected chi connectivity index (χ3v) is 3.38. The topological polar surface area (TPSA) is 32.3 Å². The van der Waals surface area contributed by atoms with Crippen LogP contribution in [0.25, 0.3) is 0 Å². The van der Waals surface area contributed by atoms with Crippen LogP contribution in [-0.4, -0.2) is 37.0 Å². The molecule has 0 aliphatic rings. The van der Waals surface area contributed by atoms with Gasteiger partial charge in [-0.1, -0.05) is 19.9 Å². The molecule has 0 saturated heterocycles. The van der Waals surface area contributed by atoms with Gasteiger partial charge >= 0.3 is 0 Å². The van der Waals surface area contributed by atoms with Gasteiger partial charge in [-0.3, -0.25) is 4.79 Å². The number of nitrogens with one attached hydrogen (secondary N) is 1. The maximum absolute atomic E-state index is 11.9. The molecule has 0 aliphatic heterocycles. The molecule has 3 nitrogen and oxygen atoms in total. The minimum Gasteiger partial charge on any atom is -0.351 e. The van der Waals surface area contributed by atoms with Crippen LogP contribution in [0, 0.1) is 13.8 Å². The van der Waals surface area contributed by atoms with E-state index >= 15 is 0 Å². The first-order valence-electron chi connectivity index (χ1n) is 6.66. The standard InChI is InChI=1S/C15H24N2O/c1-5-17(6-2)10-9-16-15(18)14-8-7-12(3)13(4)11-14/h7-8,11H,5-6,9-10H2,1-4H3,(H,16,18). The fourth-order valence-electron chi connectivity index (χ4n) is 1.85. The van der Waals surface area contributed by atoms with Gasteiger partial charge in [-0.15, -0.1) is 0 Å². The Hall–Kier alpha value is -1.35. The number of carbonyl (C=O) groups is 1. The van der Waals surface area contributed by atoms with Crippen molar-refractivity contribution < 1.29 is 4.79 Å². The van der Waals surface area contributed by atoms with Crippen molar-refractivity contribution in [2.45, 2.75) is 27.7 Å². The first-order valence-corrected chi connectivity index (χ1v) is 6.66. The maximum Gasteiger partial charge on any atom is 0.251 e. The molecule has 100 valence electrons. The van der Waals surface area contributed by atoms with E-state index in [2.05, 4.69) is 31.0 Å². The lowest BCUT2D eigenvalue weighted by molar-refractivity contribution is 0.0949. The van der Waals surface area contributed by atoms with E-state index in [0.29, 0.717) is 6.54 Å². The van der Waals surface area contributed by atoms with Crippen LogP contribution >= 0.6 is 0 Å². The Bertz CT molecular complexity index is 397. The summed E-state index contributed by atoms with van der Waals surface area (Å²) in [6.07, 6.45) is 0. The minimum atomic E-state index is 0.0188. The summed E-state index contributed by atoms with van der Waals surface area (Å²) in [6.45, 7) is 12.0. The summed E-state index contributed by atoms with van der Waals surface area (Å²) in [5.74, 6) is 0.0188. The lowest BCUT2D eigenvalue weighted by Crippen LogP contribution is -2.34. The number of likely N-dealkylation sites (N-methyl/N-ethyl adjacent to an activating group) is 1. The highest BCUT2D eigenvalue weighted by Crippen LogP contribution is 2.09. The number of benzene rings is 1. The van der Waals surface area contributed by atoms with Crippen LogP contribution in [0.5, 0.6) is 0 Å². The number of carbonyl (C=O) groups excluding carboxylic acids is 1. The number of aryl methyl sites for hydroxylation is 2. The van der Waals surface area contributed by atoms with E-state index in [4.69, 9.17) is 0 Å². The lowest BCUT2D eigenvalue weighted by atomic mass is 10.1. The molecule has 0 spiro atoms. The molecule has 0 radical (unpaired) electrons. The number of nitrogens with zero attached hydrogens (tertiary/aromatic N) is 1. The Morgan fingerprint density at radius 2 is 1.83 bits per heavy atom. The highest BCUT2D eigenvalue weighted by Gasteiger charge is 2.06. The number of amides is 1. The zero-order valence-electron chi connectivity index (χ0n) is 11.9. The molecule has 3 heteroatoms. The molecule has 1 aromatic carbocycles. The summed E-state index contributed by atoms with van der Waals surface area (Å²) in [4.78, 5) is 14.2. The van der Waals surface area contributed by atoms with Crippen molar-refractivity contribution >= 4 is 5.91 Å². The second-order valence-electron chi connectivity index (χ2n) is 4.58. The zero-order valence-corrected chi connectivity index (χ0v) is 11.9. The van der Waals surface area contributed by atoms with E-state index < -0.39 is 0 Å². The number of hydrogen-bond acceptors (Lipinski definition) is 2. The molecule has 1 rings (SSSR count). The summed E-state index contributed by atoms with van der Waals surface area (Å²) in [5.41, 5.74) is 3.12. The van der Waals surface area contributed by atoms with Crippen molar-refractivity contribution in [2.75, 3.05) is 26.2 Å². The molecule has 0 fully saturated rings. The lowest BCUT2D eigenvalue weighted by Gasteiger charge is -2.18. The zero-order chi connectivity index (χ0) is 13.5. The molecule has 0 saturated carbocycles. The van der Waals surface area contributed by atoms with E-state index in [-0.39, 0.29) is 5.91 Å². The van der Waals surface area contributed by atoms with Crippen LogP contribution in [0.2, 0.25) is 0 Å². The third kappa shape index (κ3) is 4.15. The molecular formula is C15H24N2O. The Kier molecular flexibility index (Phi) is 5.86. The predicted octanol–water partition coefficient (Wildman–Crippen LogP) is 2.38. The number of rotatable bonds is 6. The van der Waals surface area contributed by atoms with Crippen LogP contribution in [0.4, 0.5) is 0 Å². The largest absolute Gasteiger partial charge is 0.351 e. The van der Waals surface area contributed by atoms with Gasteiger partial charge in [0.15, 0.2) is 0 Å². The van der Waals surface area contributed by atoms with Crippen molar-refractivity contribution in [2.24, 2.45) is 0 Å². The normalized spacial score (nSPS) is 10.7. The smallest absolute Gasteiger partial charge is 0.251 e.